The van der Waals surface area contributed by atoms with Gasteiger partial charge in [-0.1, -0.05) is 6.07 Å². The van der Waals surface area contributed by atoms with Crippen molar-refractivity contribution in [2.45, 2.75) is 49.8 Å². The van der Waals surface area contributed by atoms with E-state index in [2.05, 4.69) is 35.4 Å². The summed E-state index contributed by atoms with van der Waals surface area (Å²) in [6.07, 6.45) is 9.67. The van der Waals surface area contributed by atoms with Crippen molar-refractivity contribution in [2.75, 3.05) is 24.2 Å². The topological polar surface area (TPSA) is 40.5 Å². The van der Waals surface area contributed by atoms with Gasteiger partial charge in [-0.15, -0.1) is 11.8 Å². The molecule has 0 radical (unpaired) electrons. The zero-order chi connectivity index (χ0) is 16.3. The molecule has 1 aliphatic heterocycles. The summed E-state index contributed by atoms with van der Waals surface area (Å²) in [7, 11) is 0. The Hall–Kier alpha value is -1.16. The predicted molar refractivity (Wildman–Crippen MR) is 96.3 cm³/mol. The summed E-state index contributed by atoms with van der Waals surface area (Å²) in [5.41, 5.74) is 1.84. The first-order valence-electron chi connectivity index (χ1n) is 8.71. The Balaban J connectivity index is 1.55. The summed E-state index contributed by atoms with van der Waals surface area (Å²) in [5.74, 6) is -0.219. The van der Waals surface area contributed by atoms with Crippen LogP contribution in [-0.4, -0.2) is 30.4 Å². The second-order valence-corrected chi connectivity index (χ2v) is 8.11. The maximum absolute atomic E-state index is 10.9. The van der Waals surface area contributed by atoms with Crippen LogP contribution in [0.25, 0.3) is 0 Å². The molecule has 2 fully saturated rings. The van der Waals surface area contributed by atoms with E-state index in [1.807, 2.05) is 0 Å². The minimum atomic E-state index is -0.630. The number of benzene rings is 1. The molecule has 1 aromatic rings. The highest BCUT2D eigenvalue weighted by atomic mass is 32.2. The molecule has 2 aliphatic rings. The molecule has 4 heteroatoms. The maximum atomic E-state index is 10.9. The van der Waals surface area contributed by atoms with E-state index in [0.29, 0.717) is 17.8 Å². The van der Waals surface area contributed by atoms with E-state index in [9.17, 15) is 4.79 Å². The van der Waals surface area contributed by atoms with E-state index in [1.165, 1.54) is 36.3 Å². The van der Waals surface area contributed by atoms with E-state index in [0.717, 1.165) is 25.9 Å². The second-order valence-electron chi connectivity index (χ2n) is 7.23. The summed E-state index contributed by atoms with van der Waals surface area (Å²) >= 11 is 1.80. The van der Waals surface area contributed by atoms with Crippen molar-refractivity contribution in [2.24, 2.45) is 11.3 Å². The number of anilines is 1. The van der Waals surface area contributed by atoms with E-state index >= 15 is 0 Å². The lowest BCUT2D eigenvalue weighted by molar-refractivity contribution is -0.138. The Morgan fingerprint density at radius 2 is 1.96 bits per heavy atom. The molecule has 1 spiro atoms. The van der Waals surface area contributed by atoms with Crippen molar-refractivity contribution in [1.29, 1.82) is 0 Å². The van der Waals surface area contributed by atoms with Crippen LogP contribution in [-0.2, 0) is 4.79 Å². The van der Waals surface area contributed by atoms with E-state index in [1.54, 1.807) is 11.8 Å². The monoisotopic (exact) mass is 333 g/mol. The lowest BCUT2D eigenvalue weighted by Gasteiger charge is -2.46. The summed E-state index contributed by atoms with van der Waals surface area (Å²) in [6.45, 7) is 2.28. The van der Waals surface area contributed by atoms with E-state index < -0.39 is 5.97 Å². The summed E-state index contributed by atoms with van der Waals surface area (Å²) in [5, 5.41) is 8.96. The van der Waals surface area contributed by atoms with Crippen LogP contribution < -0.4 is 4.90 Å². The standard InChI is InChI=1S/C19H27NO2S/c1-23-17-4-2-3-16(14-17)20-11-9-19(10-12-20)7-5-15(6-8-19)13-18(21)22/h2-4,14-15H,5-13H2,1H3,(H,21,22). The first-order chi connectivity index (χ1) is 11.1. The first kappa shape index (κ1) is 16.7. The Labute approximate surface area is 143 Å². The number of aliphatic carboxylic acids is 1. The highest BCUT2D eigenvalue weighted by Gasteiger charge is 2.38. The van der Waals surface area contributed by atoms with Gasteiger partial charge in [0, 0.05) is 30.1 Å². The van der Waals surface area contributed by atoms with Crippen LogP contribution in [0.3, 0.4) is 0 Å². The molecule has 1 aromatic carbocycles. The number of nitrogens with zero attached hydrogens (tertiary/aromatic N) is 1. The molecule has 0 aromatic heterocycles. The molecule has 1 saturated carbocycles. The molecule has 3 nitrogen and oxygen atoms in total. The molecule has 1 heterocycles. The Morgan fingerprint density at radius 3 is 2.57 bits per heavy atom. The lowest BCUT2D eigenvalue weighted by atomic mass is 9.65. The molecule has 0 atom stereocenters. The average Bonchev–Trinajstić information content (AvgIpc) is 2.57. The van der Waals surface area contributed by atoms with Crippen molar-refractivity contribution in [3.05, 3.63) is 24.3 Å². The number of hydrogen-bond acceptors (Lipinski definition) is 3. The van der Waals surface area contributed by atoms with E-state index in [-0.39, 0.29) is 0 Å². The fourth-order valence-corrected chi connectivity index (χ4v) is 4.74. The highest BCUT2D eigenvalue weighted by Crippen LogP contribution is 2.47. The molecule has 1 saturated heterocycles. The maximum Gasteiger partial charge on any atom is 0.303 e. The minimum Gasteiger partial charge on any atom is -0.481 e. The van der Waals surface area contributed by atoms with Gasteiger partial charge in [-0.25, -0.2) is 0 Å². The number of thioether (sulfide) groups is 1. The van der Waals surface area contributed by atoms with Crippen molar-refractivity contribution in [1.82, 2.24) is 0 Å². The van der Waals surface area contributed by atoms with Crippen LogP contribution in [0, 0.1) is 11.3 Å². The molecule has 0 unspecified atom stereocenters. The molecular formula is C19H27NO2S. The molecule has 0 bridgehead atoms. The van der Waals surface area contributed by atoms with Crippen LogP contribution in [0.15, 0.2) is 29.2 Å². The van der Waals surface area contributed by atoms with Gasteiger partial charge < -0.3 is 10.0 Å². The third-order valence-electron chi connectivity index (χ3n) is 5.87. The van der Waals surface area contributed by atoms with Crippen LogP contribution in [0.4, 0.5) is 5.69 Å². The van der Waals surface area contributed by atoms with Crippen LogP contribution in [0.2, 0.25) is 0 Å². The smallest absolute Gasteiger partial charge is 0.303 e. The van der Waals surface area contributed by atoms with Crippen LogP contribution in [0.1, 0.15) is 44.9 Å². The SMILES string of the molecule is CSc1cccc(N2CCC3(CCC(CC(=O)O)CC3)CC2)c1. The summed E-state index contributed by atoms with van der Waals surface area (Å²) < 4.78 is 0. The fourth-order valence-electron chi connectivity index (χ4n) is 4.29. The van der Waals surface area contributed by atoms with Gasteiger partial charge in [0.1, 0.15) is 0 Å². The van der Waals surface area contributed by atoms with Gasteiger partial charge in [-0.05, 0) is 74.3 Å². The van der Waals surface area contributed by atoms with Gasteiger partial charge in [0.05, 0.1) is 0 Å². The molecule has 23 heavy (non-hydrogen) atoms. The Bertz CT molecular complexity index is 542. The second kappa shape index (κ2) is 7.16. The van der Waals surface area contributed by atoms with Crippen molar-refractivity contribution >= 4 is 23.4 Å². The van der Waals surface area contributed by atoms with Crippen molar-refractivity contribution in [3.8, 4) is 0 Å². The predicted octanol–water partition coefficient (Wildman–Crippen LogP) is 4.66. The number of piperidine rings is 1. The van der Waals surface area contributed by atoms with Crippen LogP contribution in [0.5, 0.6) is 0 Å². The summed E-state index contributed by atoms with van der Waals surface area (Å²) in [4.78, 5) is 14.7. The zero-order valence-electron chi connectivity index (χ0n) is 14.0. The van der Waals surface area contributed by atoms with Crippen molar-refractivity contribution in [3.63, 3.8) is 0 Å². The number of rotatable bonds is 4. The summed E-state index contributed by atoms with van der Waals surface area (Å²) in [6, 6.07) is 8.85. The van der Waals surface area contributed by atoms with E-state index in [4.69, 9.17) is 5.11 Å². The largest absolute Gasteiger partial charge is 0.481 e. The molecule has 3 rings (SSSR count). The third-order valence-corrected chi connectivity index (χ3v) is 6.60. The molecule has 1 aliphatic carbocycles. The van der Waals surface area contributed by atoms with Crippen molar-refractivity contribution < 1.29 is 9.90 Å². The first-order valence-corrected chi connectivity index (χ1v) is 9.93. The Morgan fingerprint density at radius 1 is 1.26 bits per heavy atom. The van der Waals surface area contributed by atoms with Gasteiger partial charge in [-0.2, -0.15) is 0 Å². The number of carboxylic acids is 1. The number of carbonyl (C=O) groups is 1. The molecular weight excluding hydrogens is 306 g/mol. The lowest BCUT2D eigenvalue weighted by Crippen LogP contribution is -2.42. The molecule has 1 N–H and O–H groups in total. The quantitative estimate of drug-likeness (QED) is 0.814. The zero-order valence-corrected chi connectivity index (χ0v) is 14.8. The number of hydrogen-bond donors (Lipinski definition) is 1. The van der Waals surface area contributed by atoms with Crippen LogP contribution >= 0.6 is 11.8 Å². The van der Waals surface area contributed by atoms with Gasteiger partial charge in [0.2, 0.25) is 0 Å². The highest BCUT2D eigenvalue weighted by molar-refractivity contribution is 7.98. The Kier molecular flexibility index (Phi) is 5.20. The minimum absolute atomic E-state index is 0.365. The molecule has 126 valence electrons. The fraction of sp³-hybridized carbons (Fsp3) is 0.632. The normalized spacial score (nSPS) is 21.5. The molecule has 0 amide bonds. The van der Waals surface area contributed by atoms with Gasteiger partial charge in [0.15, 0.2) is 0 Å². The third kappa shape index (κ3) is 4.03. The van der Waals surface area contributed by atoms with Gasteiger partial charge >= 0.3 is 5.97 Å². The van der Waals surface area contributed by atoms with Gasteiger partial charge in [-0.3, -0.25) is 4.79 Å². The average molecular weight is 333 g/mol. The number of carboxylic acid groups (broad SMARTS) is 1. The van der Waals surface area contributed by atoms with Gasteiger partial charge in [0.25, 0.3) is 0 Å².